The Kier molecular flexibility index (Phi) is 6.89. The fourth-order valence-electron chi connectivity index (χ4n) is 2.76. The number of aromatic nitrogens is 2. The molecule has 0 unspecified atom stereocenters. The van der Waals surface area contributed by atoms with Gasteiger partial charge >= 0.3 is 0 Å². The van der Waals surface area contributed by atoms with Crippen molar-refractivity contribution in [2.75, 3.05) is 27.3 Å². The van der Waals surface area contributed by atoms with Crippen molar-refractivity contribution in [3.05, 3.63) is 46.9 Å². The number of thioether (sulfide) groups is 1. The molecular formula is C19H20N4O4S2. The van der Waals surface area contributed by atoms with Crippen LogP contribution in [0, 0.1) is 0 Å². The number of nitrogens with one attached hydrogen (secondary N) is 2. The summed E-state index contributed by atoms with van der Waals surface area (Å²) >= 11 is 6.45. The normalized spacial score (nSPS) is 15.1. The van der Waals surface area contributed by atoms with Crippen molar-refractivity contribution in [3.8, 4) is 11.5 Å². The average Bonchev–Trinajstić information content (AvgIpc) is 3.32. The number of methoxy groups -OCH3 is 2. The summed E-state index contributed by atoms with van der Waals surface area (Å²) in [4.78, 5) is 33.6. The molecule has 2 N–H and O–H groups in total. The number of hydrogen-bond acceptors (Lipinski definition) is 7. The van der Waals surface area contributed by atoms with Gasteiger partial charge < -0.3 is 19.8 Å². The number of para-hydroxylation sites is 1. The number of thiocarbonyl (C=S) groups is 1. The van der Waals surface area contributed by atoms with Gasteiger partial charge in [0.05, 0.1) is 25.5 Å². The molecule has 2 heterocycles. The van der Waals surface area contributed by atoms with Crippen LogP contribution >= 0.6 is 24.0 Å². The lowest BCUT2D eigenvalue weighted by molar-refractivity contribution is -0.128. The highest BCUT2D eigenvalue weighted by Gasteiger charge is 2.33. The van der Waals surface area contributed by atoms with Crippen LogP contribution in [0.2, 0.25) is 0 Å². The summed E-state index contributed by atoms with van der Waals surface area (Å²) in [6.45, 7) is 0.312. The van der Waals surface area contributed by atoms with Gasteiger partial charge in [-0.05, 0) is 12.1 Å². The lowest BCUT2D eigenvalue weighted by Gasteiger charge is -2.14. The maximum Gasteiger partial charge on any atom is 0.266 e. The third-order valence-electron chi connectivity index (χ3n) is 4.17. The van der Waals surface area contributed by atoms with E-state index in [1.54, 1.807) is 37.8 Å². The lowest BCUT2D eigenvalue weighted by Crippen LogP contribution is -2.40. The first-order valence-corrected chi connectivity index (χ1v) is 9.96. The van der Waals surface area contributed by atoms with E-state index < -0.39 is 0 Å². The summed E-state index contributed by atoms with van der Waals surface area (Å²) in [6, 6.07) is 5.39. The third kappa shape index (κ3) is 4.96. The molecule has 2 amide bonds. The highest BCUT2D eigenvalue weighted by Crippen LogP contribution is 2.37. The Morgan fingerprint density at radius 2 is 2.21 bits per heavy atom. The zero-order chi connectivity index (χ0) is 20.8. The molecule has 8 nitrogen and oxygen atoms in total. The largest absolute Gasteiger partial charge is 0.493 e. The standard InChI is InChI=1S/C19H20N4O4S2/c1-26-14-5-3-4-12(17(14)27-2)8-15-18(25)23(19(28)29-15)10-16(24)21-7-6-13-9-20-11-22-13/h3-5,8-9,11H,6-7,10H2,1-2H3,(H,20,22)(H,21,24)/b15-8-. The second-order valence-electron chi connectivity index (χ2n) is 6.03. The minimum atomic E-state index is -0.311. The van der Waals surface area contributed by atoms with Crippen LogP contribution in [0.4, 0.5) is 0 Å². The summed E-state index contributed by atoms with van der Waals surface area (Å²) in [5.41, 5.74) is 1.61. The molecule has 0 spiro atoms. The first-order chi connectivity index (χ1) is 14.0. The molecule has 0 atom stereocenters. The van der Waals surface area contributed by atoms with Crippen LogP contribution in [0.5, 0.6) is 11.5 Å². The molecule has 1 aliphatic heterocycles. The van der Waals surface area contributed by atoms with Gasteiger partial charge in [-0.1, -0.05) is 36.1 Å². The van der Waals surface area contributed by atoms with Crippen LogP contribution < -0.4 is 14.8 Å². The van der Waals surface area contributed by atoms with Crippen LogP contribution in [0.15, 0.2) is 35.6 Å². The minimum absolute atomic E-state index is 0.125. The van der Waals surface area contributed by atoms with Crippen LogP contribution in [-0.4, -0.2) is 58.3 Å². The number of H-pyrrole nitrogens is 1. The van der Waals surface area contributed by atoms with E-state index in [0.29, 0.717) is 39.3 Å². The van der Waals surface area contributed by atoms with Gasteiger partial charge in [0, 0.05) is 30.4 Å². The number of imidazole rings is 1. The van der Waals surface area contributed by atoms with Gasteiger partial charge in [-0.3, -0.25) is 14.5 Å². The second kappa shape index (κ2) is 9.57. The number of carbonyl (C=O) groups excluding carboxylic acids is 2. The maximum atomic E-state index is 12.8. The highest BCUT2D eigenvalue weighted by atomic mass is 32.2. The van der Waals surface area contributed by atoms with Gasteiger partial charge in [-0.25, -0.2) is 4.98 Å². The van der Waals surface area contributed by atoms with E-state index in [2.05, 4.69) is 15.3 Å². The van der Waals surface area contributed by atoms with Gasteiger partial charge in [0.15, 0.2) is 11.5 Å². The SMILES string of the molecule is COc1cccc(/C=C2\SC(=S)N(CC(=O)NCCc3cnc[nH]3)C2=O)c1OC. The van der Waals surface area contributed by atoms with E-state index in [9.17, 15) is 9.59 Å². The molecule has 3 rings (SSSR count). The van der Waals surface area contributed by atoms with Gasteiger partial charge in [-0.2, -0.15) is 0 Å². The van der Waals surface area contributed by atoms with E-state index >= 15 is 0 Å². The van der Waals surface area contributed by atoms with Gasteiger partial charge in [0.25, 0.3) is 5.91 Å². The Balaban J connectivity index is 1.65. The van der Waals surface area contributed by atoms with Crippen LogP contribution in [0.25, 0.3) is 6.08 Å². The predicted molar refractivity (Wildman–Crippen MR) is 115 cm³/mol. The van der Waals surface area contributed by atoms with E-state index in [-0.39, 0.29) is 18.4 Å². The van der Waals surface area contributed by atoms with E-state index in [1.807, 2.05) is 6.07 Å². The fourth-order valence-corrected chi connectivity index (χ4v) is 4.01. The first kappa shape index (κ1) is 20.9. The Hall–Kier alpha value is -2.85. The number of amides is 2. The molecule has 152 valence electrons. The monoisotopic (exact) mass is 432 g/mol. The minimum Gasteiger partial charge on any atom is -0.493 e. The Morgan fingerprint density at radius 3 is 2.90 bits per heavy atom. The lowest BCUT2D eigenvalue weighted by atomic mass is 10.1. The van der Waals surface area contributed by atoms with E-state index in [0.717, 1.165) is 17.5 Å². The summed E-state index contributed by atoms with van der Waals surface area (Å²) in [6.07, 6.45) is 5.60. The Bertz CT molecular complexity index is 944. The smallest absolute Gasteiger partial charge is 0.266 e. The van der Waals surface area contributed by atoms with Crippen molar-refractivity contribution < 1.29 is 19.1 Å². The summed E-state index contributed by atoms with van der Waals surface area (Å²) in [5.74, 6) is 0.500. The average molecular weight is 433 g/mol. The van der Waals surface area contributed by atoms with E-state index in [4.69, 9.17) is 21.7 Å². The number of hydrogen-bond donors (Lipinski definition) is 2. The fraction of sp³-hybridized carbons (Fsp3) is 0.263. The Morgan fingerprint density at radius 1 is 1.38 bits per heavy atom. The molecule has 10 heteroatoms. The van der Waals surface area contributed by atoms with Crippen molar-refractivity contribution in [2.45, 2.75) is 6.42 Å². The molecule has 1 fully saturated rings. The van der Waals surface area contributed by atoms with Crippen LogP contribution in [0.1, 0.15) is 11.3 Å². The molecule has 1 aromatic carbocycles. The highest BCUT2D eigenvalue weighted by molar-refractivity contribution is 8.26. The van der Waals surface area contributed by atoms with Crippen LogP contribution in [0.3, 0.4) is 0 Å². The van der Waals surface area contributed by atoms with Gasteiger partial charge in [-0.15, -0.1) is 0 Å². The van der Waals surface area contributed by atoms with Crippen molar-refractivity contribution in [2.24, 2.45) is 0 Å². The number of rotatable bonds is 8. The second-order valence-corrected chi connectivity index (χ2v) is 7.70. The summed E-state index contributed by atoms with van der Waals surface area (Å²) in [5, 5.41) is 2.78. The molecule has 0 radical (unpaired) electrons. The van der Waals surface area contributed by atoms with Crippen molar-refractivity contribution in [3.63, 3.8) is 0 Å². The molecule has 2 aromatic rings. The van der Waals surface area contributed by atoms with Crippen molar-refractivity contribution >= 4 is 46.2 Å². The number of ether oxygens (including phenoxy) is 2. The van der Waals surface area contributed by atoms with Crippen molar-refractivity contribution in [1.29, 1.82) is 0 Å². The molecule has 29 heavy (non-hydrogen) atoms. The molecular weight excluding hydrogens is 412 g/mol. The molecule has 1 saturated heterocycles. The predicted octanol–water partition coefficient (Wildman–Crippen LogP) is 1.99. The zero-order valence-corrected chi connectivity index (χ0v) is 17.6. The summed E-state index contributed by atoms with van der Waals surface area (Å²) in [7, 11) is 3.08. The molecule has 0 aliphatic carbocycles. The maximum absolute atomic E-state index is 12.8. The number of carbonyl (C=O) groups is 2. The molecule has 1 aromatic heterocycles. The van der Waals surface area contributed by atoms with Gasteiger partial charge in [0.1, 0.15) is 10.9 Å². The third-order valence-corrected chi connectivity index (χ3v) is 5.54. The van der Waals surface area contributed by atoms with E-state index in [1.165, 1.54) is 12.0 Å². The molecule has 0 saturated carbocycles. The molecule has 1 aliphatic rings. The van der Waals surface area contributed by atoms with Gasteiger partial charge in [0.2, 0.25) is 5.91 Å². The van der Waals surface area contributed by atoms with Crippen LogP contribution in [-0.2, 0) is 16.0 Å². The number of benzene rings is 1. The quantitative estimate of drug-likeness (QED) is 0.486. The Labute approximate surface area is 177 Å². The topological polar surface area (TPSA) is 96.5 Å². The first-order valence-electron chi connectivity index (χ1n) is 8.73. The number of nitrogens with zero attached hydrogens (tertiary/aromatic N) is 2. The van der Waals surface area contributed by atoms with Crippen molar-refractivity contribution in [1.82, 2.24) is 20.2 Å². The number of aromatic amines is 1. The summed E-state index contributed by atoms with van der Waals surface area (Å²) < 4.78 is 11.0. The zero-order valence-electron chi connectivity index (χ0n) is 15.9. The molecule has 0 bridgehead atoms.